The average Bonchev–Trinajstić information content (AvgIpc) is 2.41. The van der Waals surface area contributed by atoms with Crippen molar-refractivity contribution in [2.75, 3.05) is 26.2 Å². The van der Waals surface area contributed by atoms with Crippen LogP contribution >= 0.6 is 11.6 Å². The molecular weight excluding hydrogens is 279 g/mol. The first-order valence-corrected chi connectivity index (χ1v) is 7.39. The summed E-state index contributed by atoms with van der Waals surface area (Å²) in [4.78, 5) is 14.2. The Balaban J connectivity index is 1.81. The smallest absolute Gasteiger partial charge is 0.254 e. The van der Waals surface area contributed by atoms with Crippen molar-refractivity contribution in [2.45, 2.75) is 19.8 Å². The third kappa shape index (κ3) is 4.18. The molecule has 3 nitrogen and oxygen atoms in total. The molecular formula is C15H20ClFN2O. The monoisotopic (exact) mass is 298 g/mol. The van der Waals surface area contributed by atoms with Gasteiger partial charge >= 0.3 is 0 Å². The molecule has 0 aromatic heterocycles. The molecule has 1 saturated heterocycles. The Bertz CT molecular complexity index is 481. The minimum atomic E-state index is -0.543. The molecule has 5 heteroatoms. The molecule has 1 aromatic carbocycles. The molecule has 1 atom stereocenters. The van der Waals surface area contributed by atoms with E-state index in [-0.39, 0.29) is 5.56 Å². The minimum Gasteiger partial charge on any atom is -0.351 e. The SMILES string of the molecule is C[C@@H]1CCCN(CCNC(=O)c2cc(Cl)ccc2F)C1. The molecule has 0 bridgehead atoms. The van der Waals surface area contributed by atoms with Crippen LogP contribution in [0, 0.1) is 11.7 Å². The van der Waals surface area contributed by atoms with Crippen LogP contribution in [0.1, 0.15) is 30.1 Å². The number of likely N-dealkylation sites (tertiary alicyclic amines) is 1. The first kappa shape index (κ1) is 15.3. The van der Waals surface area contributed by atoms with E-state index >= 15 is 0 Å². The zero-order chi connectivity index (χ0) is 14.5. The zero-order valence-corrected chi connectivity index (χ0v) is 12.4. The highest BCUT2D eigenvalue weighted by molar-refractivity contribution is 6.30. The Morgan fingerprint density at radius 2 is 2.35 bits per heavy atom. The van der Waals surface area contributed by atoms with E-state index in [4.69, 9.17) is 11.6 Å². The first-order valence-electron chi connectivity index (χ1n) is 7.02. The van der Waals surface area contributed by atoms with Crippen LogP contribution in [-0.4, -0.2) is 37.0 Å². The van der Waals surface area contributed by atoms with Gasteiger partial charge in [-0.05, 0) is 43.5 Å². The number of hydrogen-bond donors (Lipinski definition) is 1. The van der Waals surface area contributed by atoms with Gasteiger partial charge in [0.2, 0.25) is 0 Å². The molecule has 0 saturated carbocycles. The van der Waals surface area contributed by atoms with Crippen LogP contribution < -0.4 is 5.32 Å². The number of nitrogens with one attached hydrogen (secondary N) is 1. The summed E-state index contributed by atoms with van der Waals surface area (Å²) in [7, 11) is 0. The summed E-state index contributed by atoms with van der Waals surface area (Å²) in [5.41, 5.74) is 0.00418. The third-order valence-corrected chi connectivity index (χ3v) is 3.86. The maximum absolute atomic E-state index is 13.5. The van der Waals surface area contributed by atoms with Gasteiger partial charge in [0.15, 0.2) is 0 Å². The van der Waals surface area contributed by atoms with Gasteiger partial charge in [-0.1, -0.05) is 18.5 Å². The molecule has 0 spiro atoms. The average molecular weight is 299 g/mol. The fourth-order valence-electron chi connectivity index (χ4n) is 2.58. The van der Waals surface area contributed by atoms with E-state index in [0.29, 0.717) is 17.5 Å². The standard InChI is InChI=1S/C15H20ClFN2O/c1-11-3-2-7-19(10-11)8-6-18-15(20)13-9-12(16)4-5-14(13)17/h4-5,9,11H,2-3,6-8,10H2,1H3,(H,18,20)/t11-/m1/s1. The molecule has 0 unspecified atom stereocenters. The van der Waals surface area contributed by atoms with Crippen molar-refractivity contribution in [1.82, 2.24) is 10.2 Å². The lowest BCUT2D eigenvalue weighted by atomic mass is 10.0. The summed E-state index contributed by atoms with van der Waals surface area (Å²) >= 11 is 5.78. The van der Waals surface area contributed by atoms with Crippen molar-refractivity contribution in [3.05, 3.63) is 34.6 Å². The van der Waals surface area contributed by atoms with E-state index in [0.717, 1.165) is 19.6 Å². The fraction of sp³-hybridized carbons (Fsp3) is 0.533. The molecule has 1 heterocycles. The van der Waals surface area contributed by atoms with E-state index in [2.05, 4.69) is 17.1 Å². The van der Waals surface area contributed by atoms with Gasteiger partial charge < -0.3 is 10.2 Å². The summed E-state index contributed by atoms with van der Waals surface area (Å²) in [5, 5.41) is 3.11. The molecule has 1 aliphatic heterocycles. The van der Waals surface area contributed by atoms with E-state index in [1.807, 2.05) is 0 Å². The van der Waals surface area contributed by atoms with Gasteiger partial charge in [-0.3, -0.25) is 4.79 Å². The summed E-state index contributed by atoms with van der Waals surface area (Å²) in [6.07, 6.45) is 2.48. The normalized spacial score (nSPS) is 19.9. The second kappa shape index (κ2) is 7.04. The maximum atomic E-state index is 13.5. The van der Waals surface area contributed by atoms with E-state index in [1.165, 1.54) is 31.0 Å². The molecule has 1 aromatic rings. The number of benzene rings is 1. The molecule has 1 fully saturated rings. The predicted octanol–water partition coefficient (Wildman–Crippen LogP) is 2.94. The van der Waals surface area contributed by atoms with Crippen LogP contribution in [0.3, 0.4) is 0 Å². The van der Waals surface area contributed by atoms with Gasteiger partial charge in [0.25, 0.3) is 5.91 Å². The number of amides is 1. The van der Waals surface area contributed by atoms with E-state index in [9.17, 15) is 9.18 Å². The van der Waals surface area contributed by atoms with E-state index < -0.39 is 11.7 Å². The van der Waals surface area contributed by atoms with Gasteiger partial charge in [0, 0.05) is 24.7 Å². The van der Waals surface area contributed by atoms with Crippen molar-refractivity contribution < 1.29 is 9.18 Å². The van der Waals surface area contributed by atoms with Gasteiger partial charge in [0.05, 0.1) is 5.56 Å². The number of halogens is 2. The van der Waals surface area contributed by atoms with Crippen molar-refractivity contribution in [3.63, 3.8) is 0 Å². The largest absolute Gasteiger partial charge is 0.351 e. The summed E-state index contributed by atoms with van der Waals surface area (Å²) in [6.45, 7) is 5.72. The quantitative estimate of drug-likeness (QED) is 0.927. The molecule has 1 amide bonds. The first-order chi connectivity index (χ1) is 9.56. The van der Waals surface area contributed by atoms with Crippen molar-refractivity contribution >= 4 is 17.5 Å². The molecule has 1 aliphatic rings. The summed E-state index contributed by atoms with van der Waals surface area (Å²) < 4.78 is 13.5. The molecule has 110 valence electrons. The maximum Gasteiger partial charge on any atom is 0.254 e. The van der Waals surface area contributed by atoms with Gasteiger partial charge in [-0.25, -0.2) is 4.39 Å². The van der Waals surface area contributed by atoms with Crippen LogP contribution in [-0.2, 0) is 0 Å². The van der Waals surface area contributed by atoms with Gasteiger partial charge in [-0.15, -0.1) is 0 Å². The van der Waals surface area contributed by atoms with Crippen LogP contribution in [0.15, 0.2) is 18.2 Å². The Morgan fingerprint density at radius 1 is 1.55 bits per heavy atom. The lowest BCUT2D eigenvalue weighted by molar-refractivity contribution is 0.0940. The van der Waals surface area contributed by atoms with Gasteiger partial charge in [-0.2, -0.15) is 0 Å². The number of hydrogen-bond acceptors (Lipinski definition) is 2. The van der Waals surface area contributed by atoms with Crippen LogP contribution in [0.25, 0.3) is 0 Å². The molecule has 2 rings (SSSR count). The highest BCUT2D eigenvalue weighted by Crippen LogP contribution is 2.16. The molecule has 20 heavy (non-hydrogen) atoms. The van der Waals surface area contributed by atoms with E-state index in [1.54, 1.807) is 0 Å². The lowest BCUT2D eigenvalue weighted by Crippen LogP contribution is -2.40. The highest BCUT2D eigenvalue weighted by Gasteiger charge is 2.16. The Morgan fingerprint density at radius 3 is 3.10 bits per heavy atom. The summed E-state index contributed by atoms with van der Waals surface area (Å²) in [6, 6.07) is 4.00. The highest BCUT2D eigenvalue weighted by atomic mass is 35.5. The van der Waals surface area contributed by atoms with Crippen LogP contribution in [0.4, 0.5) is 4.39 Å². The second-order valence-electron chi connectivity index (χ2n) is 5.43. The minimum absolute atomic E-state index is 0.00418. The number of rotatable bonds is 4. The topological polar surface area (TPSA) is 32.3 Å². The second-order valence-corrected chi connectivity index (χ2v) is 5.86. The molecule has 0 radical (unpaired) electrons. The number of piperidine rings is 1. The zero-order valence-electron chi connectivity index (χ0n) is 11.7. The Labute approximate surface area is 124 Å². The van der Waals surface area contributed by atoms with Crippen molar-refractivity contribution in [2.24, 2.45) is 5.92 Å². The molecule has 0 aliphatic carbocycles. The number of nitrogens with zero attached hydrogens (tertiary/aromatic N) is 1. The van der Waals surface area contributed by atoms with Gasteiger partial charge in [0.1, 0.15) is 5.82 Å². The summed E-state index contributed by atoms with van der Waals surface area (Å²) in [5.74, 6) is -0.238. The number of carbonyl (C=O) groups is 1. The fourth-order valence-corrected chi connectivity index (χ4v) is 2.76. The third-order valence-electron chi connectivity index (χ3n) is 3.63. The van der Waals surface area contributed by atoms with Crippen molar-refractivity contribution in [3.8, 4) is 0 Å². The van der Waals surface area contributed by atoms with Crippen LogP contribution in [0.2, 0.25) is 5.02 Å². The molecule has 1 N–H and O–H groups in total. The Kier molecular flexibility index (Phi) is 5.38. The predicted molar refractivity (Wildman–Crippen MR) is 78.6 cm³/mol. The number of carbonyl (C=O) groups excluding carboxylic acids is 1. The van der Waals surface area contributed by atoms with Crippen molar-refractivity contribution in [1.29, 1.82) is 0 Å². The van der Waals surface area contributed by atoms with Crippen LogP contribution in [0.5, 0.6) is 0 Å². The Hall–Kier alpha value is -1.13. The lowest BCUT2D eigenvalue weighted by Gasteiger charge is -2.30.